The van der Waals surface area contributed by atoms with Crippen molar-refractivity contribution < 1.29 is 8.42 Å². The van der Waals surface area contributed by atoms with Gasteiger partial charge in [-0.2, -0.15) is 0 Å². The quantitative estimate of drug-likeness (QED) is 0.576. The maximum atomic E-state index is 11.7. The molecule has 0 bridgehead atoms. The van der Waals surface area contributed by atoms with E-state index in [1.807, 2.05) is 0 Å². The van der Waals surface area contributed by atoms with Crippen molar-refractivity contribution in [1.29, 1.82) is 0 Å². The highest BCUT2D eigenvalue weighted by molar-refractivity contribution is 7.91. The molecule has 0 saturated carbocycles. The van der Waals surface area contributed by atoms with Crippen LogP contribution in [0, 0.1) is 0 Å². The second-order valence-electron chi connectivity index (χ2n) is 3.38. The van der Waals surface area contributed by atoms with E-state index in [2.05, 4.69) is 0 Å². The van der Waals surface area contributed by atoms with Crippen LogP contribution < -0.4 is 11.5 Å². The van der Waals surface area contributed by atoms with Crippen molar-refractivity contribution in [2.45, 2.75) is 17.7 Å². The molecule has 0 aliphatic rings. The smallest absolute Gasteiger partial charge is 0.178 e. The Morgan fingerprint density at radius 1 is 1.07 bits per heavy atom. The lowest BCUT2D eigenvalue weighted by atomic mass is 10.3. The number of nitrogen functional groups attached to an aromatic ring is 1. The Labute approximate surface area is 90.2 Å². The van der Waals surface area contributed by atoms with Gasteiger partial charge in [-0.1, -0.05) is 0 Å². The van der Waals surface area contributed by atoms with E-state index in [-0.39, 0.29) is 5.75 Å². The van der Waals surface area contributed by atoms with Gasteiger partial charge in [0.15, 0.2) is 9.84 Å². The number of benzene rings is 1. The monoisotopic (exact) mass is 228 g/mol. The standard InChI is InChI=1S/C10H16N2O2S/c11-7-1-2-8-15(13,14)10-5-3-9(12)4-6-10/h3-6H,1-2,7-8,11-12H2. The van der Waals surface area contributed by atoms with E-state index in [1.54, 1.807) is 12.1 Å². The van der Waals surface area contributed by atoms with Crippen molar-refractivity contribution in [1.82, 2.24) is 0 Å². The molecule has 0 saturated heterocycles. The lowest BCUT2D eigenvalue weighted by molar-refractivity contribution is 0.592. The number of rotatable bonds is 5. The molecule has 0 aliphatic carbocycles. The van der Waals surface area contributed by atoms with Crippen LogP contribution >= 0.6 is 0 Å². The number of sulfone groups is 1. The zero-order chi connectivity index (χ0) is 11.3. The molecule has 0 aromatic heterocycles. The molecule has 1 rings (SSSR count). The zero-order valence-corrected chi connectivity index (χ0v) is 9.33. The summed E-state index contributed by atoms with van der Waals surface area (Å²) in [4.78, 5) is 0.328. The Bertz CT molecular complexity index is 398. The van der Waals surface area contributed by atoms with Crippen LogP contribution in [0.4, 0.5) is 5.69 Å². The van der Waals surface area contributed by atoms with Crippen molar-refractivity contribution in [2.24, 2.45) is 5.73 Å². The van der Waals surface area contributed by atoms with Crippen molar-refractivity contribution in [3.63, 3.8) is 0 Å². The Morgan fingerprint density at radius 3 is 2.20 bits per heavy atom. The lowest BCUT2D eigenvalue weighted by Crippen LogP contribution is -2.09. The predicted octanol–water partition coefficient (Wildman–Crippen LogP) is 0.781. The summed E-state index contributed by atoms with van der Waals surface area (Å²) in [6.45, 7) is 0.525. The van der Waals surface area contributed by atoms with Crippen LogP contribution in [0.5, 0.6) is 0 Å². The summed E-state index contributed by atoms with van der Waals surface area (Å²) in [6.07, 6.45) is 1.33. The first-order chi connectivity index (χ1) is 7.06. The van der Waals surface area contributed by atoms with E-state index in [0.717, 1.165) is 6.42 Å². The molecular weight excluding hydrogens is 212 g/mol. The summed E-state index contributed by atoms with van der Waals surface area (Å²) in [5.41, 5.74) is 11.4. The maximum absolute atomic E-state index is 11.7. The molecule has 0 heterocycles. The maximum Gasteiger partial charge on any atom is 0.178 e. The van der Waals surface area contributed by atoms with Crippen molar-refractivity contribution in [3.8, 4) is 0 Å². The van der Waals surface area contributed by atoms with E-state index in [0.29, 0.717) is 23.5 Å². The van der Waals surface area contributed by atoms with Crippen LogP contribution in [0.3, 0.4) is 0 Å². The lowest BCUT2D eigenvalue weighted by Gasteiger charge is -2.03. The van der Waals surface area contributed by atoms with Crippen LogP contribution in [-0.2, 0) is 9.84 Å². The number of unbranched alkanes of at least 4 members (excludes halogenated alkanes) is 1. The van der Waals surface area contributed by atoms with Crippen LogP contribution in [0.15, 0.2) is 29.2 Å². The van der Waals surface area contributed by atoms with Crippen LogP contribution in [0.25, 0.3) is 0 Å². The van der Waals surface area contributed by atoms with E-state index >= 15 is 0 Å². The SMILES string of the molecule is NCCCCS(=O)(=O)c1ccc(N)cc1. The molecule has 0 radical (unpaired) electrons. The normalized spacial score (nSPS) is 11.5. The van der Waals surface area contributed by atoms with Crippen molar-refractivity contribution in [3.05, 3.63) is 24.3 Å². The fraction of sp³-hybridized carbons (Fsp3) is 0.400. The van der Waals surface area contributed by atoms with Gasteiger partial charge in [0.2, 0.25) is 0 Å². The average molecular weight is 228 g/mol. The van der Waals surface area contributed by atoms with Gasteiger partial charge < -0.3 is 11.5 Å². The highest BCUT2D eigenvalue weighted by atomic mass is 32.2. The highest BCUT2D eigenvalue weighted by Gasteiger charge is 2.12. The fourth-order valence-electron chi connectivity index (χ4n) is 1.23. The number of nitrogens with two attached hydrogens (primary N) is 2. The molecular formula is C10H16N2O2S. The minimum atomic E-state index is -3.16. The summed E-state index contributed by atoms with van der Waals surface area (Å²) < 4.78 is 23.5. The third kappa shape index (κ3) is 3.53. The van der Waals surface area contributed by atoms with E-state index < -0.39 is 9.84 Å². The Balaban J connectivity index is 2.73. The third-order valence-corrected chi connectivity index (χ3v) is 3.92. The van der Waals surface area contributed by atoms with E-state index in [1.165, 1.54) is 12.1 Å². The van der Waals surface area contributed by atoms with Gasteiger partial charge in [0.25, 0.3) is 0 Å². The Morgan fingerprint density at radius 2 is 1.67 bits per heavy atom. The largest absolute Gasteiger partial charge is 0.399 e. The average Bonchev–Trinajstić information content (AvgIpc) is 2.18. The minimum Gasteiger partial charge on any atom is -0.399 e. The topological polar surface area (TPSA) is 86.2 Å². The molecule has 84 valence electrons. The third-order valence-electron chi connectivity index (χ3n) is 2.11. The highest BCUT2D eigenvalue weighted by Crippen LogP contribution is 2.14. The van der Waals surface area contributed by atoms with Gasteiger partial charge in [-0.15, -0.1) is 0 Å². The first-order valence-electron chi connectivity index (χ1n) is 4.84. The second kappa shape index (κ2) is 5.14. The zero-order valence-electron chi connectivity index (χ0n) is 8.52. The molecule has 4 N–H and O–H groups in total. The summed E-state index contributed by atoms with van der Waals surface area (Å²) in [7, 11) is -3.16. The van der Waals surface area contributed by atoms with Gasteiger partial charge in [-0.05, 0) is 43.7 Å². The van der Waals surface area contributed by atoms with Gasteiger partial charge in [-0.25, -0.2) is 8.42 Å². The molecule has 4 nitrogen and oxygen atoms in total. The van der Waals surface area contributed by atoms with Gasteiger partial charge in [0.05, 0.1) is 10.6 Å². The molecule has 1 aromatic carbocycles. The molecule has 15 heavy (non-hydrogen) atoms. The Hall–Kier alpha value is -1.07. The van der Waals surface area contributed by atoms with Gasteiger partial charge >= 0.3 is 0 Å². The van der Waals surface area contributed by atoms with Crippen molar-refractivity contribution >= 4 is 15.5 Å². The predicted molar refractivity (Wildman–Crippen MR) is 61.2 cm³/mol. The summed E-state index contributed by atoms with van der Waals surface area (Å²) in [5, 5.41) is 0. The van der Waals surface area contributed by atoms with Crippen molar-refractivity contribution in [2.75, 3.05) is 18.0 Å². The fourth-order valence-corrected chi connectivity index (χ4v) is 2.60. The molecule has 0 spiro atoms. The summed E-state index contributed by atoms with van der Waals surface area (Å²) >= 11 is 0. The van der Waals surface area contributed by atoms with E-state index in [4.69, 9.17) is 11.5 Å². The first-order valence-corrected chi connectivity index (χ1v) is 6.50. The van der Waals surface area contributed by atoms with Gasteiger partial charge in [0, 0.05) is 5.69 Å². The van der Waals surface area contributed by atoms with Crippen LogP contribution in [0.1, 0.15) is 12.8 Å². The molecule has 5 heteroatoms. The second-order valence-corrected chi connectivity index (χ2v) is 5.49. The molecule has 0 fully saturated rings. The number of hydrogen-bond acceptors (Lipinski definition) is 4. The molecule has 0 amide bonds. The minimum absolute atomic E-state index is 0.147. The Kier molecular flexibility index (Phi) is 4.11. The van der Waals surface area contributed by atoms with E-state index in [9.17, 15) is 8.42 Å². The summed E-state index contributed by atoms with van der Waals surface area (Å²) in [6, 6.07) is 6.26. The van der Waals surface area contributed by atoms with Crippen LogP contribution in [0.2, 0.25) is 0 Å². The number of hydrogen-bond donors (Lipinski definition) is 2. The molecule has 1 aromatic rings. The van der Waals surface area contributed by atoms with Gasteiger partial charge in [0.1, 0.15) is 0 Å². The van der Waals surface area contributed by atoms with Gasteiger partial charge in [-0.3, -0.25) is 0 Å². The number of anilines is 1. The molecule has 0 aliphatic heterocycles. The summed E-state index contributed by atoms with van der Waals surface area (Å²) in [5.74, 6) is 0.147. The molecule has 0 unspecified atom stereocenters. The molecule has 0 atom stereocenters. The first kappa shape index (κ1) is 12.0. The van der Waals surface area contributed by atoms with Crippen LogP contribution in [-0.4, -0.2) is 20.7 Å².